The maximum absolute atomic E-state index is 14.1. The van der Waals surface area contributed by atoms with Crippen molar-refractivity contribution < 1.29 is 14.3 Å². The third-order valence-corrected chi connectivity index (χ3v) is 8.64. The molecule has 8 nitrogen and oxygen atoms in total. The van der Waals surface area contributed by atoms with Gasteiger partial charge in [0.15, 0.2) is 0 Å². The number of aliphatic hydroxyl groups excluding tert-OH is 1. The smallest absolute Gasteiger partial charge is 0.333 e. The molecule has 196 valence electrons. The van der Waals surface area contributed by atoms with Crippen molar-refractivity contribution >= 4 is 28.7 Å². The third kappa shape index (κ3) is 5.22. The lowest BCUT2D eigenvalue weighted by Gasteiger charge is -2.32. The second-order valence-corrected chi connectivity index (χ2v) is 11.1. The monoisotopic (exact) mass is 526 g/mol. The van der Waals surface area contributed by atoms with Crippen LogP contribution in [0.3, 0.4) is 0 Å². The molecule has 1 aliphatic heterocycles. The molecule has 1 aromatic carbocycles. The number of aromatic nitrogens is 3. The minimum absolute atomic E-state index is 0.0786. The van der Waals surface area contributed by atoms with E-state index >= 15 is 0 Å². The summed E-state index contributed by atoms with van der Waals surface area (Å²) in [6, 6.07) is 9.80. The van der Waals surface area contributed by atoms with Gasteiger partial charge in [0.25, 0.3) is 5.56 Å². The van der Waals surface area contributed by atoms with E-state index in [0.717, 1.165) is 36.1 Å². The van der Waals surface area contributed by atoms with Gasteiger partial charge < -0.3 is 10.4 Å². The quantitative estimate of drug-likeness (QED) is 0.511. The summed E-state index contributed by atoms with van der Waals surface area (Å²) in [5, 5.41) is 13.0. The summed E-state index contributed by atoms with van der Waals surface area (Å²) in [5.41, 5.74) is 0.110. The first-order valence-corrected chi connectivity index (χ1v) is 14.0. The molecule has 1 saturated heterocycles. The fourth-order valence-electron chi connectivity index (χ4n) is 5.60. The number of hydrogen-bond donors (Lipinski definition) is 2. The Kier molecular flexibility index (Phi) is 7.76. The molecule has 1 amide bonds. The molecule has 3 heterocycles. The number of pyridine rings is 1. The van der Waals surface area contributed by atoms with E-state index in [1.807, 2.05) is 42.1 Å². The van der Waals surface area contributed by atoms with Crippen LogP contribution in [0.5, 0.6) is 0 Å². The Balaban J connectivity index is 1.38. The van der Waals surface area contributed by atoms with E-state index in [-0.39, 0.29) is 47.4 Å². The first-order valence-electron chi connectivity index (χ1n) is 12.8. The van der Waals surface area contributed by atoms with Crippen molar-refractivity contribution in [2.24, 2.45) is 0 Å². The standard InChI is InChI=1S/C27H31FN4O4S/c28-18-14-22-24(29-15-18)31(21-10-12-37-13-11-21)27(36)32(26(22)35)20-8-6-19(7-9-20)30-25(34)23(16-33)17-4-2-1-3-5-17/h1-5,14-15,19-21,23,33H,6-13,16H2,(H,30,34). The molecule has 0 radical (unpaired) electrons. The highest BCUT2D eigenvalue weighted by atomic mass is 32.2. The Bertz CT molecular complexity index is 1380. The molecule has 5 rings (SSSR count). The number of nitrogens with zero attached hydrogens (tertiary/aromatic N) is 3. The van der Waals surface area contributed by atoms with Gasteiger partial charge >= 0.3 is 5.69 Å². The molecule has 2 aromatic heterocycles. The molecule has 2 aliphatic rings. The highest BCUT2D eigenvalue weighted by molar-refractivity contribution is 7.99. The Morgan fingerprint density at radius 1 is 1.05 bits per heavy atom. The van der Waals surface area contributed by atoms with Gasteiger partial charge in [-0.3, -0.25) is 18.7 Å². The maximum Gasteiger partial charge on any atom is 0.333 e. The average Bonchev–Trinajstić information content (AvgIpc) is 2.92. The van der Waals surface area contributed by atoms with E-state index in [0.29, 0.717) is 25.7 Å². The molecule has 37 heavy (non-hydrogen) atoms. The van der Waals surface area contributed by atoms with Crippen molar-refractivity contribution in [2.45, 2.75) is 62.6 Å². The van der Waals surface area contributed by atoms with Crippen LogP contribution in [0.1, 0.15) is 62.1 Å². The third-order valence-electron chi connectivity index (χ3n) is 7.59. The summed E-state index contributed by atoms with van der Waals surface area (Å²) in [5.74, 6) is 0.344. The highest BCUT2D eigenvalue weighted by Gasteiger charge is 2.31. The summed E-state index contributed by atoms with van der Waals surface area (Å²) in [6.45, 7) is -0.290. The highest BCUT2D eigenvalue weighted by Crippen LogP contribution is 2.30. The summed E-state index contributed by atoms with van der Waals surface area (Å²) in [4.78, 5) is 44.2. The fourth-order valence-corrected chi connectivity index (χ4v) is 6.69. The maximum atomic E-state index is 14.1. The predicted molar refractivity (Wildman–Crippen MR) is 142 cm³/mol. The number of hydrogen-bond acceptors (Lipinski definition) is 6. The van der Waals surface area contributed by atoms with Gasteiger partial charge in [-0.05, 0) is 61.7 Å². The Hall–Kier alpha value is -2.98. The van der Waals surface area contributed by atoms with Crippen LogP contribution >= 0.6 is 11.8 Å². The van der Waals surface area contributed by atoms with Gasteiger partial charge in [0, 0.05) is 18.1 Å². The van der Waals surface area contributed by atoms with Crippen molar-refractivity contribution in [1.82, 2.24) is 19.4 Å². The van der Waals surface area contributed by atoms with Gasteiger partial charge in [0.2, 0.25) is 5.91 Å². The zero-order valence-corrected chi connectivity index (χ0v) is 21.3. The van der Waals surface area contributed by atoms with Crippen LogP contribution in [0.4, 0.5) is 4.39 Å². The molecule has 1 unspecified atom stereocenters. The van der Waals surface area contributed by atoms with Crippen LogP contribution in [0.15, 0.2) is 52.2 Å². The SMILES string of the molecule is O=C(NC1CCC(n2c(=O)c3cc(F)cnc3n(C3CCSCC3)c2=O)CC1)C(CO)c1ccccc1. The van der Waals surface area contributed by atoms with Gasteiger partial charge in [0.05, 0.1) is 24.1 Å². The van der Waals surface area contributed by atoms with Crippen molar-refractivity contribution in [3.05, 3.63) is 74.8 Å². The lowest BCUT2D eigenvalue weighted by atomic mass is 9.90. The Labute approximate surface area is 217 Å². The van der Waals surface area contributed by atoms with Gasteiger partial charge in [0.1, 0.15) is 11.5 Å². The number of aliphatic hydroxyl groups is 1. The van der Waals surface area contributed by atoms with Crippen molar-refractivity contribution in [1.29, 1.82) is 0 Å². The molecule has 0 spiro atoms. The summed E-state index contributed by atoms with van der Waals surface area (Å²) >= 11 is 1.84. The first-order chi connectivity index (χ1) is 18.0. The fraction of sp³-hybridized carbons (Fsp3) is 0.481. The first kappa shape index (κ1) is 25.7. The molecule has 1 aliphatic carbocycles. The molecule has 10 heteroatoms. The molecule has 1 saturated carbocycles. The number of amides is 1. The van der Waals surface area contributed by atoms with Crippen molar-refractivity contribution in [2.75, 3.05) is 18.1 Å². The second kappa shape index (κ2) is 11.2. The number of thioether (sulfide) groups is 1. The molecule has 0 bridgehead atoms. The minimum Gasteiger partial charge on any atom is -0.395 e. The van der Waals surface area contributed by atoms with Crippen LogP contribution in [0.2, 0.25) is 0 Å². The molecule has 2 N–H and O–H groups in total. The summed E-state index contributed by atoms with van der Waals surface area (Å²) in [7, 11) is 0. The zero-order valence-electron chi connectivity index (χ0n) is 20.5. The molecular formula is C27H31FN4O4S. The largest absolute Gasteiger partial charge is 0.395 e. The summed E-state index contributed by atoms with van der Waals surface area (Å²) < 4.78 is 17.0. The van der Waals surface area contributed by atoms with Gasteiger partial charge in [-0.15, -0.1) is 0 Å². The Morgan fingerprint density at radius 3 is 2.41 bits per heavy atom. The van der Waals surface area contributed by atoms with Gasteiger partial charge in [-0.2, -0.15) is 11.8 Å². The number of rotatable bonds is 6. The number of halogens is 1. The average molecular weight is 527 g/mol. The van der Waals surface area contributed by atoms with Crippen molar-refractivity contribution in [3.63, 3.8) is 0 Å². The van der Waals surface area contributed by atoms with Gasteiger partial charge in [-0.1, -0.05) is 30.3 Å². The zero-order chi connectivity index (χ0) is 25.9. The number of fused-ring (bicyclic) bond motifs is 1. The molecule has 3 aromatic rings. The minimum atomic E-state index is -0.648. The number of nitrogens with one attached hydrogen (secondary N) is 1. The normalized spacial score (nSPS) is 21.6. The van der Waals surface area contributed by atoms with E-state index in [1.165, 1.54) is 10.6 Å². The molecular weight excluding hydrogens is 495 g/mol. The van der Waals surface area contributed by atoms with Crippen LogP contribution < -0.4 is 16.6 Å². The van der Waals surface area contributed by atoms with E-state index < -0.39 is 17.3 Å². The summed E-state index contributed by atoms with van der Waals surface area (Å²) in [6.07, 6.45) is 4.90. The second-order valence-electron chi connectivity index (χ2n) is 9.86. The molecule has 2 fully saturated rings. The lowest BCUT2D eigenvalue weighted by molar-refractivity contribution is -0.124. The van der Waals surface area contributed by atoms with E-state index in [1.54, 1.807) is 4.57 Å². The van der Waals surface area contributed by atoms with E-state index in [2.05, 4.69) is 10.3 Å². The van der Waals surface area contributed by atoms with Crippen LogP contribution in [-0.2, 0) is 4.79 Å². The van der Waals surface area contributed by atoms with Crippen LogP contribution in [0.25, 0.3) is 11.0 Å². The number of carbonyl (C=O) groups excluding carboxylic acids is 1. The van der Waals surface area contributed by atoms with E-state index in [9.17, 15) is 23.9 Å². The predicted octanol–water partition coefficient (Wildman–Crippen LogP) is 3.14. The Morgan fingerprint density at radius 2 is 1.73 bits per heavy atom. The lowest BCUT2D eigenvalue weighted by Crippen LogP contribution is -2.47. The molecule has 1 atom stereocenters. The van der Waals surface area contributed by atoms with Gasteiger partial charge in [-0.25, -0.2) is 14.2 Å². The van der Waals surface area contributed by atoms with Crippen molar-refractivity contribution in [3.8, 4) is 0 Å². The topological polar surface area (TPSA) is 106 Å². The van der Waals surface area contributed by atoms with E-state index in [4.69, 9.17) is 0 Å². The van der Waals surface area contributed by atoms with Crippen LogP contribution in [-0.4, -0.2) is 49.3 Å². The van der Waals surface area contributed by atoms with Crippen LogP contribution in [0, 0.1) is 5.82 Å². The number of benzene rings is 1. The number of carbonyl (C=O) groups is 1.